The molecule has 4 nitrogen and oxygen atoms in total. The van der Waals surface area contributed by atoms with Crippen LogP contribution >= 0.6 is 11.3 Å². The summed E-state index contributed by atoms with van der Waals surface area (Å²) in [6.07, 6.45) is 1.63. The Bertz CT molecular complexity index is 607. The number of hydrogen-bond acceptors (Lipinski definition) is 4. The summed E-state index contributed by atoms with van der Waals surface area (Å²) in [6.45, 7) is 7.29. The Morgan fingerprint density at radius 3 is 2.80 bits per heavy atom. The van der Waals surface area contributed by atoms with Crippen molar-refractivity contribution in [3.63, 3.8) is 0 Å². The summed E-state index contributed by atoms with van der Waals surface area (Å²) in [7, 11) is 0. The lowest BCUT2D eigenvalue weighted by atomic mass is 10.1. The van der Waals surface area contributed by atoms with Crippen LogP contribution in [-0.2, 0) is 6.54 Å². The van der Waals surface area contributed by atoms with Gasteiger partial charge in [-0.15, -0.1) is 0 Å². The van der Waals surface area contributed by atoms with Crippen molar-refractivity contribution in [2.75, 3.05) is 11.9 Å². The third-order valence-corrected chi connectivity index (χ3v) is 3.96. The number of pyridine rings is 1. The molecular weight excluding hydrogens is 270 g/mol. The molecule has 0 aliphatic carbocycles. The van der Waals surface area contributed by atoms with Gasteiger partial charge in [0.1, 0.15) is 0 Å². The van der Waals surface area contributed by atoms with Gasteiger partial charge in [0.2, 0.25) is 0 Å². The van der Waals surface area contributed by atoms with Crippen LogP contribution in [0.3, 0.4) is 0 Å². The third-order valence-electron chi connectivity index (χ3n) is 3.05. The van der Waals surface area contributed by atoms with Gasteiger partial charge in [0, 0.05) is 25.0 Å². The predicted octanol–water partition coefficient (Wildman–Crippen LogP) is 3.12. The molecule has 20 heavy (non-hydrogen) atoms. The van der Waals surface area contributed by atoms with Crippen molar-refractivity contribution < 1.29 is 4.79 Å². The maximum absolute atomic E-state index is 12.3. The fourth-order valence-electron chi connectivity index (χ4n) is 1.92. The van der Waals surface area contributed by atoms with Crippen LogP contribution < -0.4 is 10.6 Å². The maximum atomic E-state index is 12.3. The minimum absolute atomic E-state index is 0.0981. The zero-order valence-electron chi connectivity index (χ0n) is 12.0. The SMILES string of the molecule is CCNc1cc(C)ncc1C(=O)NCc1cscc1C. The molecule has 1 amide bonds. The Hall–Kier alpha value is -1.88. The molecule has 2 aromatic heterocycles. The van der Waals surface area contributed by atoms with Gasteiger partial charge in [-0.25, -0.2) is 0 Å². The molecule has 2 N–H and O–H groups in total. The monoisotopic (exact) mass is 289 g/mol. The Kier molecular flexibility index (Phi) is 4.74. The molecule has 0 aromatic carbocycles. The highest BCUT2D eigenvalue weighted by atomic mass is 32.1. The van der Waals surface area contributed by atoms with Crippen LogP contribution in [0.1, 0.15) is 34.1 Å². The zero-order chi connectivity index (χ0) is 14.5. The first-order valence-electron chi connectivity index (χ1n) is 6.62. The van der Waals surface area contributed by atoms with Crippen LogP contribution in [0.5, 0.6) is 0 Å². The second-order valence-corrected chi connectivity index (χ2v) is 5.41. The standard InChI is InChI=1S/C15H19N3OS/c1-4-16-14-5-11(3)17-7-13(14)15(19)18-6-12-9-20-8-10(12)2/h5,7-9H,4,6H2,1-3H3,(H,16,17)(H,18,19). The maximum Gasteiger partial charge on any atom is 0.255 e. The van der Waals surface area contributed by atoms with Crippen molar-refractivity contribution in [2.45, 2.75) is 27.3 Å². The van der Waals surface area contributed by atoms with E-state index in [2.05, 4.69) is 33.3 Å². The Morgan fingerprint density at radius 2 is 2.15 bits per heavy atom. The minimum atomic E-state index is -0.0981. The molecule has 0 aliphatic heterocycles. The van der Waals surface area contributed by atoms with Gasteiger partial charge in [0.05, 0.1) is 11.3 Å². The van der Waals surface area contributed by atoms with E-state index in [1.165, 1.54) is 5.56 Å². The fourth-order valence-corrected chi connectivity index (χ4v) is 2.77. The molecule has 5 heteroatoms. The van der Waals surface area contributed by atoms with Gasteiger partial charge in [0.15, 0.2) is 0 Å². The number of thiophene rings is 1. The summed E-state index contributed by atoms with van der Waals surface area (Å²) in [6, 6.07) is 1.90. The fraction of sp³-hybridized carbons (Fsp3) is 0.333. The van der Waals surface area contributed by atoms with Crippen molar-refractivity contribution in [1.82, 2.24) is 10.3 Å². The largest absolute Gasteiger partial charge is 0.385 e. The van der Waals surface area contributed by atoms with Gasteiger partial charge >= 0.3 is 0 Å². The van der Waals surface area contributed by atoms with Crippen LogP contribution in [0.2, 0.25) is 0 Å². The highest BCUT2D eigenvalue weighted by molar-refractivity contribution is 7.08. The van der Waals surface area contributed by atoms with Crippen molar-refractivity contribution >= 4 is 22.9 Å². The van der Waals surface area contributed by atoms with Crippen LogP contribution in [0.4, 0.5) is 5.69 Å². The molecule has 2 heterocycles. The lowest BCUT2D eigenvalue weighted by Crippen LogP contribution is -2.24. The summed E-state index contributed by atoms with van der Waals surface area (Å²) < 4.78 is 0. The summed E-state index contributed by atoms with van der Waals surface area (Å²) >= 11 is 1.65. The van der Waals surface area contributed by atoms with E-state index < -0.39 is 0 Å². The van der Waals surface area contributed by atoms with E-state index in [4.69, 9.17) is 0 Å². The van der Waals surface area contributed by atoms with E-state index in [0.29, 0.717) is 12.1 Å². The van der Waals surface area contributed by atoms with E-state index >= 15 is 0 Å². The van der Waals surface area contributed by atoms with Crippen molar-refractivity contribution in [2.24, 2.45) is 0 Å². The highest BCUT2D eigenvalue weighted by Gasteiger charge is 2.12. The van der Waals surface area contributed by atoms with E-state index in [0.717, 1.165) is 23.5 Å². The quantitative estimate of drug-likeness (QED) is 0.889. The van der Waals surface area contributed by atoms with Crippen molar-refractivity contribution in [3.8, 4) is 0 Å². The van der Waals surface area contributed by atoms with Gasteiger partial charge in [-0.2, -0.15) is 11.3 Å². The number of carbonyl (C=O) groups is 1. The van der Waals surface area contributed by atoms with Gasteiger partial charge in [-0.3, -0.25) is 9.78 Å². The molecule has 0 saturated carbocycles. The van der Waals surface area contributed by atoms with E-state index in [9.17, 15) is 4.79 Å². The molecular formula is C15H19N3OS. The molecule has 0 saturated heterocycles. The van der Waals surface area contributed by atoms with Gasteiger partial charge in [0.25, 0.3) is 5.91 Å². The van der Waals surface area contributed by atoms with Crippen molar-refractivity contribution in [3.05, 3.63) is 45.4 Å². The number of anilines is 1. The highest BCUT2D eigenvalue weighted by Crippen LogP contribution is 2.17. The lowest BCUT2D eigenvalue weighted by molar-refractivity contribution is 0.0951. The molecule has 0 bridgehead atoms. The molecule has 0 spiro atoms. The predicted molar refractivity (Wildman–Crippen MR) is 83.4 cm³/mol. The number of hydrogen-bond donors (Lipinski definition) is 2. The lowest BCUT2D eigenvalue weighted by Gasteiger charge is -2.11. The normalized spacial score (nSPS) is 10.3. The summed E-state index contributed by atoms with van der Waals surface area (Å²) in [5.74, 6) is -0.0981. The topological polar surface area (TPSA) is 54.0 Å². The first kappa shape index (κ1) is 14.5. The molecule has 2 rings (SSSR count). The van der Waals surface area contributed by atoms with E-state index in [1.54, 1.807) is 17.5 Å². The zero-order valence-corrected chi connectivity index (χ0v) is 12.8. The van der Waals surface area contributed by atoms with Crippen LogP contribution in [0.25, 0.3) is 0 Å². The van der Waals surface area contributed by atoms with Gasteiger partial charge < -0.3 is 10.6 Å². The Morgan fingerprint density at radius 1 is 1.35 bits per heavy atom. The number of nitrogens with zero attached hydrogens (tertiary/aromatic N) is 1. The number of carbonyl (C=O) groups excluding carboxylic acids is 1. The van der Waals surface area contributed by atoms with Crippen LogP contribution in [0.15, 0.2) is 23.0 Å². The number of rotatable bonds is 5. The second-order valence-electron chi connectivity index (χ2n) is 4.66. The van der Waals surface area contributed by atoms with Crippen LogP contribution in [0, 0.1) is 13.8 Å². The first-order valence-corrected chi connectivity index (χ1v) is 7.56. The smallest absolute Gasteiger partial charge is 0.255 e. The van der Waals surface area contributed by atoms with Crippen LogP contribution in [-0.4, -0.2) is 17.4 Å². The molecule has 0 unspecified atom stereocenters. The summed E-state index contributed by atoms with van der Waals surface area (Å²) in [5, 5.41) is 10.3. The Labute approximate surface area is 123 Å². The average Bonchev–Trinajstić information content (AvgIpc) is 2.82. The number of aryl methyl sites for hydroxylation is 2. The number of nitrogens with one attached hydrogen (secondary N) is 2. The Balaban J connectivity index is 2.11. The summed E-state index contributed by atoms with van der Waals surface area (Å²) in [4.78, 5) is 16.5. The van der Waals surface area contributed by atoms with Gasteiger partial charge in [-0.1, -0.05) is 0 Å². The van der Waals surface area contributed by atoms with E-state index in [-0.39, 0.29) is 5.91 Å². The minimum Gasteiger partial charge on any atom is -0.385 e. The third kappa shape index (κ3) is 3.36. The second kappa shape index (κ2) is 6.52. The molecule has 0 fully saturated rings. The molecule has 2 aromatic rings. The summed E-state index contributed by atoms with van der Waals surface area (Å²) in [5.41, 5.74) is 4.69. The average molecular weight is 289 g/mol. The number of amides is 1. The molecule has 0 radical (unpaired) electrons. The molecule has 106 valence electrons. The molecule has 0 aliphatic rings. The van der Waals surface area contributed by atoms with E-state index in [1.807, 2.05) is 19.9 Å². The number of aromatic nitrogens is 1. The van der Waals surface area contributed by atoms with Crippen molar-refractivity contribution in [1.29, 1.82) is 0 Å². The van der Waals surface area contributed by atoms with Gasteiger partial charge in [-0.05, 0) is 48.7 Å². The molecule has 0 atom stereocenters. The first-order chi connectivity index (χ1) is 9.61.